The second kappa shape index (κ2) is 9.11. The molecule has 0 saturated heterocycles. The lowest BCUT2D eigenvalue weighted by Crippen LogP contribution is -2.16. The summed E-state index contributed by atoms with van der Waals surface area (Å²) in [5, 5.41) is 7.55. The molecule has 152 valence electrons. The second-order valence-electron chi connectivity index (χ2n) is 6.59. The normalized spacial score (nSPS) is 10.8. The smallest absolute Gasteiger partial charge is 0.223 e. The third-order valence-corrected chi connectivity index (χ3v) is 4.90. The molecule has 4 rings (SSSR count). The molecule has 0 unspecified atom stereocenters. The molecule has 0 atom stereocenters. The lowest BCUT2D eigenvalue weighted by molar-refractivity contribution is 1.02. The lowest BCUT2D eigenvalue weighted by atomic mass is 10.1. The van der Waals surface area contributed by atoms with Gasteiger partial charge in [0.25, 0.3) is 0 Å². The fraction of sp³-hybridized carbons (Fsp3) is 0.143. The van der Waals surface area contributed by atoms with E-state index < -0.39 is 0 Å². The standard InChI is InChI=1S/C21H19Cl2N7/c1-13-2-5-18(28-11-13)24-6-9-27-21-29-12-16(20-25-7-8-26-20)19(30-21)15-4-3-14(22)10-17(15)23/h2-5,7-8,10-12H,6,9H2,1H3,(H,24,28)(H,25,26)(H,27,29,30). The van der Waals surface area contributed by atoms with Gasteiger partial charge in [-0.1, -0.05) is 29.3 Å². The molecule has 3 aromatic heterocycles. The molecule has 3 N–H and O–H groups in total. The van der Waals surface area contributed by atoms with Gasteiger partial charge in [-0.15, -0.1) is 0 Å². The average Bonchev–Trinajstić information content (AvgIpc) is 3.27. The zero-order valence-corrected chi connectivity index (χ0v) is 17.7. The fourth-order valence-electron chi connectivity index (χ4n) is 2.88. The molecule has 0 spiro atoms. The van der Waals surface area contributed by atoms with E-state index in [1.807, 2.05) is 31.3 Å². The van der Waals surface area contributed by atoms with E-state index in [9.17, 15) is 0 Å². The van der Waals surface area contributed by atoms with Crippen molar-refractivity contribution in [2.75, 3.05) is 23.7 Å². The van der Waals surface area contributed by atoms with Crippen LogP contribution in [0, 0.1) is 6.92 Å². The Morgan fingerprint density at radius 2 is 1.80 bits per heavy atom. The minimum Gasteiger partial charge on any atom is -0.368 e. The summed E-state index contributed by atoms with van der Waals surface area (Å²) in [6, 6.07) is 9.28. The van der Waals surface area contributed by atoms with Gasteiger partial charge >= 0.3 is 0 Å². The predicted octanol–water partition coefficient (Wildman–Crippen LogP) is 5.07. The Morgan fingerprint density at radius 3 is 2.53 bits per heavy atom. The van der Waals surface area contributed by atoms with E-state index >= 15 is 0 Å². The van der Waals surface area contributed by atoms with Crippen LogP contribution in [0.1, 0.15) is 5.56 Å². The van der Waals surface area contributed by atoms with E-state index in [1.54, 1.807) is 30.7 Å². The Kier molecular flexibility index (Phi) is 6.11. The molecular formula is C21H19Cl2N7. The summed E-state index contributed by atoms with van der Waals surface area (Å²) in [5.74, 6) is 1.98. The van der Waals surface area contributed by atoms with Crippen LogP contribution in [0.3, 0.4) is 0 Å². The Balaban J connectivity index is 1.53. The third kappa shape index (κ3) is 4.69. The molecule has 0 fully saturated rings. The van der Waals surface area contributed by atoms with E-state index in [-0.39, 0.29) is 0 Å². The number of hydrogen-bond acceptors (Lipinski definition) is 6. The molecule has 0 aliphatic rings. The van der Waals surface area contributed by atoms with Gasteiger partial charge in [0.2, 0.25) is 5.95 Å². The first-order valence-electron chi connectivity index (χ1n) is 9.33. The van der Waals surface area contributed by atoms with Crippen LogP contribution in [-0.4, -0.2) is 38.0 Å². The van der Waals surface area contributed by atoms with E-state index in [4.69, 9.17) is 28.2 Å². The quantitative estimate of drug-likeness (QED) is 0.348. The topological polar surface area (TPSA) is 91.4 Å². The van der Waals surface area contributed by atoms with Gasteiger partial charge in [0, 0.05) is 48.5 Å². The van der Waals surface area contributed by atoms with Crippen LogP contribution in [0.5, 0.6) is 0 Å². The Morgan fingerprint density at radius 1 is 0.933 bits per heavy atom. The third-order valence-electron chi connectivity index (χ3n) is 4.35. The number of H-pyrrole nitrogens is 1. The van der Waals surface area contributed by atoms with Crippen LogP contribution in [0.15, 0.2) is 55.1 Å². The Labute approximate surface area is 183 Å². The van der Waals surface area contributed by atoms with Crippen molar-refractivity contribution in [3.05, 3.63) is 70.7 Å². The highest BCUT2D eigenvalue weighted by atomic mass is 35.5. The number of aryl methyl sites for hydroxylation is 1. The molecule has 0 amide bonds. The molecule has 0 radical (unpaired) electrons. The van der Waals surface area contributed by atoms with E-state index in [1.165, 1.54) is 0 Å². The fourth-order valence-corrected chi connectivity index (χ4v) is 3.37. The van der Waals surface area contributed by atoms with Gasteiger partial charge in [-0.25, -0.2) is 19.9 Å². The van der Waals surface area contributed by atoms with E-state index in [0.29, 0.717) is 40.6 Å². The van der Waals surface area contributed by atoms with Crippen molar-refractivity contribution in [1.29, 1.82) is 0 Å². The monoisotopic (exact) mass is 439 g/mol. The number of benzene rings is 1. The summed E-state index contributed by atoms with van der Waals surface area (Å²) in [6.45, 7) is 3.28. The van der Waals surface area contributed by atoms with Gasteiger partial charge in [0.15, 0.2) is 0 Å². The maximum atomic E-state index is 6.44. The van der Waals surface area contributed by atoms with Crippen LogP contribution in [-0.2, 0) is 0 Å². The molecule has 1 aromatic carbocycles. The molecule has 4 aromatic rings. The summed E-state index contributed by atoms with van der Waals surface area (Å²) in [4.78, 5) is 20.9. The number of aromatic nitrogens is 5. The maximum absolute atomic E-state index is 6.44. The highest BCUT2D eigenvalue weighted by Gasteiger charge is 2.16. The number of nitrogens with one attached hydrogen (secondary N) is 3. The lowest BCUT2D eigenvalue weighted by Gasteiger charge is -2.12. The molecule has 9 heteroatoms. The number of pyridine rings is 1. The minimum absolute atomic E-state index is 0.491. The summed E-state index contributed by atoms with van der Waals surface area (Å²) in [7, 11) is 0. The number of imidazole rings is 1. The maximum Gasteiger partial charge on any atom is 0.223 e. The highest BCUT2D eigenvalue weighted by Crippen LogP contribution is 2.34. The van der Waals surface area contributed by atoms with Crippen molar-refractivity contribution in [2.45, 2.75) is 6.92 Å². The number of nitrogens with zero attached hydrogens (tertiary/aromatic N) is 4. The summed E-state index contributed by atoms with van der Waals surface area (Å²) < 4.78 is 0. The van der Waals surface area contributed by atoms with Crippen molar-refractivity contribution in [3.63, 3.8) is 0 Å². The molecule has 0 aliphatic carbocycles. The van der Waals surface area contributed by atoms with Gasteiger partial charge in [-0.2, -0.15) is 0 Å². The first-order chi connectivity index (χ1) is 14.6. The SMILES string of the molecule is Cc1ccc(NCCNc2ncc(-c3ncc[nH]3)c(-c3ccc(Cl)cc3Cl)n2)nc1. The van der Waals surface area contributed by atoms with Gasteiger partial charge in [0.1, 0.15) is 11.6 Å². The highest BCUT2D eigenvalue weighted by molar-refractivity contribution is 6.36. The first-order valence-corrected chi connectivity index (χ1v) is 10.1. The Hall–Kier alpha value is -3.16. The predicted molar refractivity (Wildman–Crippen MR) is 121 cm³/mol. The van der Waals surface area contributed by atoms with Gasteiger partial charge < -0.3 is 15.6 Å². The second-order valence-corrected chi connectivity index (χ2v) is 7.44. The number of halogens is 2. The van der Waals surface area contributed by atoms with Crippen LogP contribution in [0.4, 0.5) is 11.8 Å². The first kappa shape index (κ1) is 20.1. The summed E-state index contributed by atoms with van der Waals surface area (Å²) >= 11 is 12.5. The molecule has 0 aliphatic heterocycles. The van der Waals surface area contributed by atoms with Gasteiger partial charge in [-0.05, 0) is 36.8 Å². The zero-order chi connectivity index (χ0) is 20.9. The summed E-state index contributed by atoms with van der Waals surface area (Å²) in [5.41, 5.74) is 3.28. The molecular weight excluding hydrogens is 421 g/mol. The summed E-state index contributed by atoms with van der Waals surface area (Å²) in [6.07, 6.45) is 6.98. The van der Waals surface area contributed by atoms with E-state index in [0.717, 1.165) is 22.5 Å². The Bertz CT molecular complexity index is 1130. The minimum atomic E-state index is 0.491. The average molecular weight is 440 g/mol. The zero-order valence-electron chi connectivity index (χ0n) is 16.2. The number of hydrogen-bond donors (Lipinski definition) is 3. The van der Waals surface area contributed by atoms with Crippen LogP contribution >= 0.6 is 23.2 Å². The molecule has 0 bridgehead atoms. The molecule has 3 heterocycles. The van der Waals surface area contributed by atoms with Crippen molar-refractivity contribution in [3.8, 4) is 22.6 Å². The molecule has 7 nitrogen and oxygen atoms in total. The molecule has 30 heavy (non-hydrogen) atoms. The number of aromatic amines is 1. The van der Waals surface area contributed by atoms with Crippen LogP contribution in [0.25, 0.3) is 22.6 Å². The number of rotatable bonds is 7. The van der Waals surface area contributed by atoms with Crippen LogP contribution < -0.4 is 10.6 Å². The van der Waals surface area contributed by atoms with Crippen molar-refractivity contribution in [2.24, 2.45) is 0 Å². The van der Waals surface area contributed by atoms with Crippen molar-refractivity contribution < 1.29 is 0 Å². The van der Waals surface area contributed by atoms with Gasteiger partial charge in [-0.3, -0.25) is 0 Å². The molecule has 0 saturated carbocycles. The van der Waals surface area contributed by atoms with E-state index in [2.05, 4.69) is 30.6 Å². The van der Waals surface area contributed by atoms with Crippen LogP contribution in [0.2, 0.25) is 10.0 Å². The van der Waals surface area contributed by atoms with Crippen molar-refractivity contribution in [1.82, 2.24) is 24.9 Å². The number of anilines is 2. The largest absolute Gasteiger partial charge is 0.368 e. The van der Waals surface area contributed by atoms with Gasteiger partial charge in [0.05, 0.1) is 16.3 Å². The van der Waals surface area contributed by atoms with Crippen molar-refractivity contribution >= 4 is 35.0 Å².